The number of rotatable bonds is 3. The van der Waals surface area contributed by atoms with Gasteiger partial charge in [-0.05, 0) is 19.1 Å². The lowest BCUT2D eigenvalue weighted by atomic mass is 10.1. The lowest BCUT2D eigenvalue weighted by Gasteiger charge is -2.23. The van der Waals surface area contributed by atoms with Gasteiger partial charge in [0.05, 0.1) is 17.9 Å². The van der Waals surface area contributed by atoms with Crippen molar-refractivity contribution in [2.75, 3.05) is 36.9 Å². The molecule has 114 valence electrons. The Labute approximate surface area is 122 Å². The highest BCUT2D eigenvalue weighted by atomic mass is 19.1. The molecule has 1 heterocycles. The number of nitrogen functional groups attached to an aromatic ring is 1. The van der Waals surface area contributed by atoms with E-state index in [1.165, 1.54) is 6.07 Å². The van der Waals surface area contributed by atoms with E-state index in [1.54, 1.807) is 11.8 Å². The summed E-state index contributed by atoms with van der Waals surface area (Å²) in [5.41, 5.74) is 6.11. The Kier molecular flexibility index (Phi) is 4.62. The van der Waals surface area contributed by atoms with Crippen molar-refractivity contribution in [3.05, 3.63) is 23.5 Å². The molecule has 1 saturated heterocycles. The molecular weight excluding hydrogens is 277 g/mol. The molecule has 0 unspecified atom stereocenters. The molecule has 0 aromatic heterocycles. The van der Waals surface area contributed by atoms with Crippen molar-refractivity contribution >= 4 is 23.3 Å². The third-order valence-electron chi connectivity index (χ3n) is 3.27. The molecule has 0 spiro atoms. The second kappa shape index (κ2) is 6.43. The predicted molar refractivity (Wildman–Crippen MR) is 76.6 cm³/mol. The van der Waals surface area contributed by atoms with Gasteiger partial charge in [-0.15, -0.1) is 0 Å². The lowest BCUT2D eigenvalue weighted by Crippen LogP contribution is -2.29. The van der Waals surface area contributed by atoms with Crippen LogP contribution in [0.15, 0.2) is 12.1 Å². The molecule has 0 aliphatic carbocycles. The summed E-state index contributed by atoms with van der Waals surface area (Å²) >= 11 is 0. The van der Waals surface area contributed by atoms with E-state index in [-0.39, 0.29) is 35.9 Å². The van der Waals surface area contributed by atoms with Gasteiger partial charge in [0.15, 0.2) is 0 Å². The van der Waals surface area contributed by atoms with Crippen LogP contribution >= 0.6 is 0 Å². The average Bonchev–Trinajstić information content (AvgIpc) is 2.64. The van der Waals surface area contributed by atoms with Crippen molar-refractivity contribution in [2.45, 2.75) is 13.3 Å². The van der Waals surface area contributed by atoms with Gasteiger partial charge in [0.1, 0.15) is 5.82 Å². The van der Waals surface area contributed by atoms with Crippen LogP contribution in [0, 0.1) is 5.82 Å². The Bertz CT molecular complexity index is 563. The van der Waals surface area contributed by atoms with Crippen LogP contribution in [0.4, 0.5) is 15.8 Å². The second-order valence-electron chi connectivity index (χ2n) is 4.70. The molecule has 0 bridgehead atoms. The van der Waals surface area contributed by atoms with Gasteiger partial charge in [-0.2, -0.15) is 0 Å². The summed E-state index contributed by atoms with van der Waals surface area (Å²) in [6.07, 6.45) is 0.276. The Morgan fingerprint density at radius 3 is 2.95 bits per heavy atom. The minimum Gasteiger partial charge on any atom is -0.462 e. The molecule has 1 fully saturated rings. The summed E-state index contributed by atoms with van der Waals surface area (Å²) in [6, 6.07) is 2.50. The number of carbonyl (C=O) groups is 2. The van der Waals surface area contributed by atoms with Gasteiger partial charge in [-0.25, -0.2) is 9.18 Å². The Hall–Kier alpha value is -2.31. The van der Waals surface area contributed by atoms with Crippen LogP contribution < -0.4 is 16.0 Å². The van der Waals surface area contributed by atoms with Gasteiger partial charge in [0.25, 0.3) is 0 Å². The van der Waals surface area contributed by atoms with Crippen molar-refractivity contribution in [3.8, 4) is 0 Å². The molecule has 0 radical (unpaired) electrons. The normalized spacial score (nSPS) is 15.3. The maximum absolute atomic E-state index is 14.1. The fraction of sp³-hybridized carbons (Fsp3) is 0.429. The summed E-state index contributed by atoms with van der Waals surface area (Å²) in [7, 11) is 0. The van der Waals surface area contributed by atoms with Gasteiger partial charge in [-0.1, -0.05) is 0 Å². The van der Waals surface area contributed by atoms with Crippen molar-refractivity contribution < 1.29 is 18.7 Å². The molecule has 1 aliphatic heterocycles. The van der Waals surface area contributed by atoms with E-state index >= 15 is 0 Å². The SMILES string of the molecule is CCOC(=O)c1cc(N2CCNC(=O)CC2)c(F)cc1N. The van der Waals surface area contributed by atoms with Crippen molar-refractivity contribution in [3.63, 3.8) is 0 Å². The minimum absolute atomic E-state index is 0.0405. The fourth-order valence-corrected chi connectivity index (χ4v) is 2.21. The number of benzene rings is 1. The number of carbonyl (C=O) groups excluding carboxylic acids is 2. The average molecular weight is 295 g/mol. The van der Waals surface area contributed by atoms with Crippen LogP contribution in [-0.2, 0) is 9.53 Å². The zero-order chi connectivity index (χ0) is 15.4. The maximum Gasteiger partial charge on any atom is 0.340 e. The van der Waals surface area contributed by atoms with Crippen LogP contribution in [0.2, 0.25) is 0 Å². The van der Waals surface area contributed by atoms with E-state index in [0.717, 1.165) is 6.07 Å². The summed E-state index contributed by atoms with van der Waals surface area (Å²) in [5.74, 6) is -1.17. The number of amides is 1. The Morgan fingerprint density at radius 1 is 1.48 bits per heavy atom. The molecule has 3 N–H and O–H groups in total. The monoisotopic (exact) mass is 295 g/mol. The molecule has 1 amide bonds. The fourth-order valence-electron chi connectivity index (χ4n) is 2.21. The Morgan fingerprint density at radius 2 is 2.24 bits per heavy atom. The summed E-state index contributed by atoms with van der Waals surface area (Å²) in [4.78, 5) is 24.9. The number of hydrogen-bond acceptors (Lipinski definition) is 5. The zero-order valence-electron chi connectivity index (χ0n) is 11.8. The third kappa shape index (κ3) is 3.42. The number of nitrogens with one attached hydrogen (secondary N) is 1. The van der Waals surface area contributed by atoms with E-state index in [2.05, 4.69) is 5.32 Å². The topological polar surface area (TPSA) is 84.7 Å². The molecule has 1 aliphatic rings. The van der Waals surface area contributed by atoms with Gasteiger partial charge >= 0.3 is 5.97 Å². The van der Waals surface area contributed by atoms with Gasteiger partial charge in [0, 0.05) is 31.7 Å². The number of halogens is 1. The highest BCUT2D eigenvalue weighted by Crippen LogP contribution is 2.26. The van der Waals surface area contributed by atoms with Gasteiger partial charge in [-0.3, -0.25) is 4.79 Å². The minimum atomic E-state index is -0.583. The summed E-state index contributed by atoms with van der Waals surface area (Å²) in [6.45, 7) is 3.18. The van der Waals surface area contributed by atoms with E-state index < -0.39 is 11.8 Å². The first kappa shape index (κ1) is 15.1. The largest absolute Gasteiger partial charge is 0.462 e. The summed E-state index contributed by atoms with van der Waals surface area (Å²) in [5, 5.41) is 2.71. The van der Waals surface area contributed by atoms with E-state index in [1.807, 2.05) is 0 Å². The van der Waals surface area contributed by atoms with Crippen molar-refractivity contribution in [1.29, 1.82) is 0 Å². The van der Waals surface area contributed by atoms with E-state index in [4.69, 9.17) is 10.5 Å². The smallest absolute Gasteiger partial charge is 0.340 e. The molecule has 2 rings (SSSR count). The molecule has 1 aromatic carbocycles. The number of nitrogens with two attached hydrogens (primary N) is 1. The molecule has 7 heteroatoms. The molecular formula is C14H18FN3O3. The maximum atomic E-state index is 14.1. The van der Waals surface area contributed by atoms with Crippen LogP contribution in [0.1, 0.15) is 23.7 Å². The van der Waals surface area contributed by atoms with Crippen LogP contribution in [-0.4, -0.2) is 38.1 Å². The molecule has 0 atom stereocenters. The predicted octanol–water partition coefficient (Wildman–Crippen LogP) is 0.911. The molecule has 0 saturated carbocycles. The first-order chi connectivity index (χ1) is 10.0. The van der Waals surface area contributed by atoms with Crippen molar-refractivity contribution in [1.82, 2.24) is 5.32 Å². The van der Waals surface area contributed by atoms with Crippen LogP contribution in [0.5, 0.6) is 0 Å². The van der Waals surface area contributed by atoms with E-state index in [9.17, 15) is 14.0 Å². The number of anilines is 2. The first-order valence-electron chi connectivity index (χ1n) is 6.80. The van der Waals surface area contributed by atoms with Crippen LogP contribution in [0.25, 0.3) is 0 Å². The first-order valence-corrected chi connectivity index (χ1v) is 6.80. The van der Waals surface area contributed by atoms with Crippen LogP contribution in [0.3, 0.4) is 0 Å². The molecule has 1 aromatic rings. The number of ether oxygens (including phenoxy) is 1. The number of esters is 1. The highest BCUT2D eigenvalue weighted by molar-refractivity contribution is 5.96. The van der Waals surface area contributed by atoms with Gasteiger partial charge in [0.2, 0.25) is 5.91 Å². The Balaban J connectivity index is 2.32. The second-order valence-corrected chi connectivity index (χ2v) is 4.70. The lowest BCUT2D eigenvalue weighted by molar-refractivity contribution is -0.120. The standard InChI is InChI=1S/C14H18FN3O3/c1-2-21-14(20)9-7-12(10(15)8-11(9)16)18-5-3-13(19)17-4-6-18/h7-8H,2-6,16H2,1H3,(H,17,19). The quantitative estimate of drug-likeness (QED) is 0.639. The zero-order valence-corrected chi connectivity index (χ0v) is 11.8. The third-order valence-corrected chi connectivity index (χ3v) is 3.27. The van der Waals surface area contributed by atoms with Crippen molar-refractivity contribution in [2.24, 2.45) is 0 Å². The summed E-state index contributed by atoms with van der Waals surface area (Å²) < 4.78 is 19.0. The highest BCUT2D eigenvalue weighted by Gasteiger charge is 2.21. The number of hydrogen-bond donors (Lipinski definition) is 2. The van der Waals surface area contributed by atoms with E-state index in [0.29, 0.717) is 19.6 Å². The number of nitrogens with zero attached hydrogens (tertiary/aromatic N) is 1. The van der Waals surface area contributed by atoms with Gasteiger partial charge < -0.3 is 20.7 Å². The molecule has 6 nitrogen and oxygen atoms in total. The molecule has 21 heavy (non-hydrogen) atoms.